The molecule has 1 aliphatic rings. The number of fused-ring (bicyclic) bond motifs is 1. The molecular weight excluding hydrogens is 458 g/mol. The molecule has 0 radical (unpaired) electrons. The van der Waals surface area contributed by atoms with Crippen LogP contribution >= 0.6 is 11.3 Å². The number of anilines is 1. The number of para-hydroxylation sites is 1. The zero-order valence-electron chi connectivity index (χ0n) is 19.2. The van der Waals surface area contributed by atoms with Crippen LogP contribution in [0.5, 0.6) is 5.75 Å². The Kier molecular flexibility index (Phi) is 6.90. The molecule has 0 aliphatic carbocycles. The third-order valence-corrected chi connectivity index (χ3v) is 8.78. The summed E-state index contributed by atoms with van der Waals surface area (Å²) in [5.41, 5.74) is 2.32. The van der Waals surface area contributed by atoms with Crippen molar-refractivity contribution in [3.05, 3.63) is 48.0 Å². The first kappa shape index (κ1) is 23.5. The first-order valence-corrected chi connectivity index (χ1v) is 13.5. The summed E-state index contributed by atoms with van der Waals surface area (Å²) < 4.78 is 31.4. The fraction of sp³-hybridized carbons (Fsp3) is 0.417. The number of methoxy groups -OCH3 is 1. The molecule has 4 rings (SSSR count). The molecule has 176 valence electrons. The third kappa shape index (κ3) is 5.14. The van der Waals surface area contributed by atoms with Gasteiger partial charge in [-0.3, -0.25) is 4.79 Å². The van der Waals surface area contributed by atoms with Crippen LogP contribution in [0, 0.1) is 0 Å². The fourth-order valence-corrected chi connectivity index (χ4v) is 6.27. The van der Waals surface area contributed by atoms with Crippen molar-refractivity contribution in [3.8, 4) is 5.75 Å². The summed E-state index contributed by atoms with van der Waals surface area (Å²) in [4.78, 5) is 21.8. The fourth-order valence-electron chi connectivity index (χ4n) is 3.99. The molecule has 2 aromatic carbocycles. The lowest BCUT2D eigenvalue weighted by atomic mass is 10.0. The molecule has 0 bridgehead atoms. The highest BCUT2D eigenvalue weighted by atomic mass is 32.2. The minimum Gasteiger partial charge on any atom is -0.497 e. The van der Waals surface area contributed by atoms with E-state index in [-0.39, 0.29) is 23.0 Å². The van der Waals surface area contributed by atoms with E-state index in [9.17, 15) is 13.2 Å². The lowest BCUT2D eigenvalue weighted by Crippen LogP contribution is -2.49. The van der Waals surface area contributed by atoms with Crippen LogP contribution in [0.2, 0.25) is 0 Å². The Morgan fingerprint density at radius 1 is 1.09 bits per heavy atom. The van der Waals surface area contributed by atoms with E-state index in [2.05, 4.69) is 36.9 Å². The van der Waals surface area contributed by atoms with E-state index in [1.807, 2.05) is 0 Å². The minimum atomic E-state index is -3.52. The van der Waals surface area contributed by atoms with Gasteiger partial charge < -0.3 is 14.5 Å². The second-order valence-electron chi connectivity index (χ2n) is 8.46. The van der Waals surface area contributed by atoms with Gasteiger partial charge in [0.05, 0.1) is 28.0 Å². The monoisotopic (exact) mass is 487 g/mol. The molecule has 0 atom stereocenters. The van der Waals surface area contributed by atoms with Gasteiger partial charge in [-0.1, -0.05) is 37.3 Å². The van der Waals surface area contributed by atoms with Gasteiger partial charge in [-0.15, -0.1) is 0 Å². The highest BCUT2D eigenvalue weighted by Gasteiger charge is 2.25. The van der Waals surface area contributed by atoms with E-state index >= 15 is 0 Å². The summed E-state index contributed by atoms with van der Waals surface area (Å²) in [6.07, 6.45) is -0.0206. The molecule has 0 saturated carbocycles. The molecule has 9 heteroatoms. The van der Waals surface area contributed by atoms with Gasteiger partial charge in [0.25, 0.3) is 0 Å². The van der Waals surface area contributed by atoms with E-state index in [0.717, 1.165) is 10.6 Å². The van der Waals surface area contributed by atoms with Crippen molar-refractivity contribution >= 4 is 42.4 Å². The van der Waals surface area contributed by atoms with E-state index in [0.29, 0.717) is 37.8 Å². The van der Waals surface area contributed by atoms with Gasteiger partial charge in [-0.25, -0.2) is 13.4 Å². The van der Waals surface area contributed by atoms with Crippen molar-refractivity contribution in [1.82, 2.24) is 9.88 Å². The predicted octanol–water partition coefficient (Wildman–Crippen LogP) is 3.94. The molecule has 3 aromatic rings. The number of thiazole rings is 1. The summed E-state index contributed by atoms with van der Waals surface area (Å²) in [6, 6.07) is 12.6. The van der Waals surface area contributed by atoms with Gasteiger partial charge in [0.1, 0.15) is 5.75 Å². The second kappa shape index (κ2) is 9.69. The Morgan fingerprint density at radius 2 is 1.79 bits per heavy atom. The Morgan fingerprint density at radius 3 is 2.42 bits per heavy atom. The van der Waals surface area contributed by atoms with Crippen LogP contribution in [0.1, 0.15) is 31.7 Å². The van der Waals surface area contributed by atoms with Gasteiger partial charge in [-0.05, 0) is 41.8 Å². The van der Waals surface area contributed by atoms with Crippen LogP contribution in [0.15, 0.2) is 47.4 Å². The Balaban J connectivity index is 1.34. The molecule has 1 saturated heterocycles. The number of rotatable bonds is 7. The van der Waals surface area contributed by atoms with Crippen LogP contribution in [0.3, 0.4) is 0 Å². The van der Waals surface area contributed by atoms with Crippen molar-refractivity contribution in [2.45, 2.75) is 31.1 Å². The molecule has 1 aliphatic heterocycles. The maximum Gasteiger partial charge on any atom is 0.223 e. The van der Waals surface area contributed by atoms with Crippen molar-refractivity contribution in [2.24, 2.45) is 0 Å². The number of ether oxygens (including phenoxy) is 1. The quantitative estimate of drug-likeness (QED) is 0.502. The van der Waals surface area contributed by atoms with Gasteiger partial charge in [0, 0.05) is 32.6 Å². The zero-order chi connectivity index (χ0) is 23.6. The van der Waals surface area contributed by atoms with Crippen LogP contribution in [-0.4, -0.2) is 63.3 Å². The number of hydrogen-bond acceptors (Lipinski definition) is 7. The largest absolute Gasteiger partial charge is 0.497 e. The van der Waals surface area contributed by atoms with Crippen molar-refractivity contribution in [1.29, 1.82) is 0 Å². The number of sulfone groups is 1. The number of benzene rings is 2. The summed E-state index contributed by atoms with van der Waals surface area (Å²) in [5.74, 6) is 0.677. The lowest BCUT2D eigenvalue weighted by molar-refractivity contribution is -0.131. The van der Waals surface area contributed by atoms with Crippen molar-refractivity contribution < 1.29 is 17.9 Å². The number of nitrogens with zero attached hydrogens (tertiary/aromatic N) is 3. The molecule has 0 unspecified atom stereocenters. The summed E-state index contributed by atoms with van der Waals surface area (Å²) in [5, 5.41) is 0.979. The van der Waals surface area contributed by atoms with E-state index in [1.165, 1.54) is 29.5 Å². The maximum absolute atomic E-state index is 12.7. The van der Waals surface area contributed by atoms with Crippen molar-refractivity contribution in [2.75, 3.05) is 43.9 Å². The topological polar surface area (TPSA) is 79.8 Å². The second-order valence-corrected chi connectivity index (χ2v) is 11.6. The smallest absolute Gasteiger partial charge is 0.223 e. The molecule has 0 spiro atoms. The minimum absolute atomic E-state index is 0.0206. The Hall–Kier alpha value is -2.65. The molecule has 1 fully saturated rings. The van der Waals surface area contributed by atoms with Crippen LogP contribution in [0.25, 0.3) is 10.2 Å². The summed E-state index contributed by atoms with van der Waals surface area (Å²) >= 11 is 1.68. The Bertz CT molecular complexity index is 1230. The number of carbonyl (C=O) groups excluding carboxylic acids is 1. The molecule has 0 N–H and O–H groups in total. The van der Waals surface area contributed by atoms with Crippen LogP contribution < -0.4 is 9.64 Å². The lowest BCUT2D eigenvalue weighted by Gasteiger charge is -2.34. The molecule has 1 amide bonds. The predicted molar refractivity (Wildman–Crippen MR) is 132 cm³/mol. The standard InChI is InChI=1S/C24H29N3O4S2/c1-17(2)20-5-4-6-21-23(20)25-24(32-21)27-14-12-26(13-15-27)22(28)11-16-33(29,30)19-9-7-18(31-3)8-10-19/h4-10,17H,11-16H2,1-3H3. The zero-order valence-corrected chi connectivity index (χ0v) is 20.8. The number of hydrogen-bond donors (Lipinski definition) is 0. The molecule has 7 nitrogen and oxygen atoms in total. The molecule has 1 aromatic heterocycles. The SMILES string of the molecule is COc1ccc(S(=O)(=O)CCC(=O)N2CCN(c3nc4c(C(C)C)cccc4s3)CC2)cc1. The van der Waals surface area contributed by atoms with Gasteiger partial charge >= 0.3 is 0 Å². The normalized spacial score (nSPS) is 14.8. The first-order chi connectivity index (χ1) is 15.8. The number of piperazine rings is 1. The van der Waals surface area contributed by atoms with Crippen LogP contribution in [-0.2, 0) is 14.6 Å². The number of carbonyl (C=O) groups is 1. The maximum atomic E-state index is 12.7. The van der Waals surface area contributed by atoms with Gasteiger partial charge in [0.15, 0.2) is 15.0 Å². The third-order valence-electron chi connectivity index (χ3n) is 5.97. The number of amides is 1. The highest BCUT2D eigenvalue weighted by Crippen LogP contribution is 2.33. The van der Waals surface area contributed by atoms with Gasteiger partial charge in [-0.2, -0.15) is 0 Å². The molecular formula is C24H29N3O4S2. The molecule has 33 heavy (non-hydrogen) atoms. The average Bonchev–Trinajstić information content (AvgIpc) is 3.27. The summed E-state index contributed by atoms with van der Waals surface area (Å²) in [7, 11) is -1.99. The van der Waals surface area contributed by atoms with Crippen molar-refractivity contribution in [3.63, 3.8) is 0 Å². The number of aromatic nitrogens is 1. The molecule has 2 heterocycles. The first-order valence-electron chi connectivity index (χ1n) is 11.1. The Labute approximate surface area is 198 Å². The van der Waals surface area contributed by atoms with Gasteiger partial charge in [0.2, 0.25) is 5.91 Å². The van der Waals surface area contributed by atoms with E-state index in [1.54, 1.807) is 28.4 Å². The average molecular weight is 488 g/mol. The van der Waals surface area contributed by atoms with E-state index < -0.39 is 9.84 Å². The highest BCUT2D eigenvalue weighted by molar-refractivity contribution is 7.91. The van der Waals surface area contributed by atoms with Crippen LogP contribution in [0.4, 0.5) is 5.13 Å². The van der Waals surface area contributed by atoms with E-state index in [4.69, 9.17) is 9.72 Å². The summed E-state index contributed by atoms with van der Waals surface area (Å²) in [6.45, 7) is 6.85.